The Kier molecular flexibility index (Phi) is 14.4. The second kappa shape index (κ2) is 14.2. The van der Waals surface area contributed by atoms with E-state index in [-0.39, 0.29) is 0 Å². The number of hydrogen-bond acceptors (Lipinski definition) is 0. The number of nitrogens with zero attached hydrogens (tertiary/aromatic N) is 1. The maximum Gasteiger partial charge on any atom is 0.0786 e. The third kappa shape index (κ3) is 10.0. The van der Waals surface area contributed by atoms with Crippen LogP contribution in [0, 0.1) is 0 Å². The molecule has 0 atom stereocenters. The molecule has 0 aliphatic rings. The lowest BCUT2D eigenvalue weighted by Crippen LogP contribution is -2.49. The first kappa shape index (κ1) is 20.2. The van der Waals surface area contributed by atoms with Crippen LogP contribution in [0.25, 0.3) is 0 Å². The molecule has 0 N–H and O–H groups in total. The number of rotatable bonds is 15. The number of halogens is 1. The van der Waals surface area contributed by atoms with Crippen molar-refractivity contribution in [2.75, 3.05) is 32.1 Å². The summed E-state index contributed by atoms with van der Waals surface area (Å²) in [5, 5.41) is 0. The fourth-order valence-corrected chi connectivity index (χ4v) is 3.28. The van der Waals surface area contributed by atoms with Gasteiger partial charge in [0.05, 0.1) is 26.2 Å². The molecular formula is C18H39ClN+. The molecule has 0 unspecified atom stereocenters. The Morgan fingerprint density at radius 3 is 1.50 bits per heavy atom. The van der Waals surface area contributed by atoms with Crippen molar-refractivity contribution in [2.24, 2.45) is 0 Å². The van der Waals surface area contributed by atoms with Gasteiger partial charge in [-0.3, -0.25) is 0 Å². The maximum atomic E-state index is 5.81. The average molecular weight is 305 g/mol. The van der Waals surface area contributed by atoms with Gasteiger partial charge in [-0.2, -0.15) is 0 Å². The second-order valence-electron chi connectivity index (χ2n) is 6.29. The van der Waals surface area contributed by atoms with Crippen LogP contribution in [-0.4, -0.2) is 36.5 Å². The molecule has 0 saturated heterocycles. The summed E-state index contributed by atoms with van der Waals surface area (Å²) < 4.78 is 1.31. The van der Waals surface area contributed by atoms with Gasteiger partial charge in [0, 0.05) is 5.88 Å². The number of alkyl halides is 1. The van der Waals surface area contributed by atoms with E-state index in [1.54, 1.807) is 0 Å². The predicted octanol–water partition coefficient (Wildman–Crippen LogP) is 6.00. The second-order valence-corrected chi connectivity index (χ2v) is 6.67. The molecule has 0 bridgehead atoms. The van der Waals surface area contributed by atoms with Crippen LogP contribution in [-0.2, 0) is 0 Å². The van der Waals surface area contributed by atoms with Gasteiger partial charge >= 0.3 is 0 Å². The maximum absolute atomic E-state index is 5.81. The lowest BCUT2D eigenvalue weighted by Gasteiger charge is -2.37. The monoisotopic (exact) mass is 304 g/mol. The number of hydrogen-bond donors (Lipinski definition) is 0. The highest BCUT2D eigenvalue weighted by Crippen LogP contribution is 2.14. The van der Waals surface area contributed by atoms with Crippen molar-refractivity contribution in [3.05, 3.63) is 0 Å². The van der Waals surface area contributed by atoms with Crippen molar-refractivity contribution < 1.29 is 4.48 Å². The highest BCUT2D eigenvalue weighted by atomic mass is 35.5. The minimum Gasteiger partial charge on any atom is -0.324 e. The molecule has 0 aromatic rings. The normalized spacial score (nSPS) is 12.0. The van der Waals surface area contributed by atoms with E-state index in [4.69, 9.17) is 11.6 Å². The van der Waals surface area contributed by atoms with Crippen molar-refractivity contribution in [2.45, 2.75) is 85.0 Å². The molecule has 2 heteroatoms. The first-order valence-corrected chi connectivity index (χ1v) is 9.69. The molecule has 0 aromatic heterocycles. The molecule has 0 rings (SSSR count). The van der Waals surface area contributed by atoms with Gasteiger partial charge in [-0.25, -0.2) is 0 Å². The Hall–Kier alpha value is 0.250. The van der Waals surface area contributed by atoms with Gasteiger partial charge in [-0.15, -0.1) is 11.6 Å². The summed E-state index contributed by atoms with van der Waals surface area (Å²) in [5.41, 5.74) is 0. The van der Waals surface area contributed by atoms with E-state index in [9.17, 15) is 0 Å². The fraction of sp³-hybridized carbons (Fsp3) is 1.00. The lowest BCUT2D eigenvalue weighted by atomic mass is 10.1. The third-order valence-electron chi connectivity index (χ3n) is 4.84. The van der Waals surface area contributed by atoms with Crippen molar-refractivity contribution in [1.29, 1.82) is 0 Å². The van der Waals surface area contributed by atoms with E-state index in [1.165, 1.54) is 94.9 Å². The van der Waals surface area contributed by atoms with Crippen LogP contribution in [0.15, 0.2) is 0 Å². The fourth-order valence-electron chi connectivity index (χ4n) is 3.09. The molecule has 0 saturated carbocycles. The van der Waals surface area contributed by atoms with Gasteiger partial charge in [-0.05, 0) is 39.5 Å². The minimum absolute atomic E-state index is 0.825. The van der Waals surface area contributed by atoms with Gasteiger partial charge in [0.15, 0.2) is 0 Å². The van der Waals surface area contributed by atoms with E-state index in [0.29, 0.717) is 0 Å². The van der Waals surface area contributed by atoms with Crippen LogP contribution in [0.5, 0.6) is 0 Å². The van der Waals surface area contributed by atoms with Crippen LogP contribution < -0.4 is 0 Å². The van der Waals surface area contributed by atoms with Crippen LogP contribution in [0.1, 0.15) is 85.0 Å². The minimum atomic E-state index is 0.825. The van der Waals surface area contributed by atoms with Gasteiger partial charge in [-0.1, -0.05) is 45.4 Å². The van der Waals surface area contributed by atoms with Gasteiger partial charge < -0.3 is 4.48 Å². The SMILES string of the molecule is CCCCCCCCCC[N+](CC)(CC)CCCCCl. The summed E-state index contributed by atoms with van der Waals surface area (Å²) in [6.45, 7) is 12.3. The Labute approximate surface area is 133 Å². The third-order valence-corrected chi connectivity index (χ3v) is 5.11. The zero-order chi connectivity index (χ0) is 15.1. The van der Waals surface area contributed by atoms with Crippen molar-refractivity contribution >= 4 is 11.6 Å². The summed E-state index contributed by atoms with van der Waals surface area (Å²) in [5.74, 6) is 0.825. The quantitative estimate of drug-likeness (QED) is 0.198. The Balaban J connectivity index is 3.69. The number of quaternary nitrogens is 1. The van der Waals surface area contributed by atoms with Crippen LogP contribution >= 0.6 is 11.6 Å². The van der Waals surface area contributed by atoms with Crippen molar-refractivity contribution in [1.82, 2.24) is 0 Å². The zero-order valence-corrected chi connectivity index (χ0v) is 15.2. The Morgan fingerprint density at radius 1 is 0.600 bits per heavy atom. The van der Waals surface area contributed by atoms with Crippen LogP contribution in [0.4, 0.5) is 0 Å². The first-order valence-electron chi connectivity index (χ1n) is 9.15. The molecular weight excluding hydrogens is 266 g/mol. The smallest absolute Gasteiger partial charge is 0.0786 e. The molecule has 0 aliphatic heterocycles. The highest BCUT2D eigenvalue weighted by Gasteiger charge is 2.21. The molecule has 122 valence electrons. The molecule has 0 amide bonds. The predicted molar refractivity (Wildman–Crippen MR) is 93.6 cm³/mol. The molecule has 0 aromatic carbocycles. The average Bonchev–Trinajstić information content (AvgIpc) is 2.48. The largest absolute Gasteiger partial charge is 0.324 e. The van der Waals surface area contributed by atoms with Crippen molar-refractivity contribution in [3.8, 4) is 0 Å². The van der Waals surface area contributed by atoms with Crippen LogP contribution in [0.2, 0.25) is 0 Å². The van der Waals surface area contributed by atoms with Crippen LogP contribution in [0.3, 0.4) is 0 Å². The summed E-state index contributed by atoms with van der Waals surface area (Å²) in [6, 6.07) is 0. The van der Waals surface area contributed by atoms with Gasteiger partial charge in [0.25, 0.3) is 0 Å². The molecule has 0 fully saturated rings. The van der Waals surface area contributed by atoms with E-state index in [1.807, 2.05) is 0 Å². The Morgan fingerprint density at radius 2 is 1.05 bits per heavy atom. The summed E-state index contributed by atoms with van der Waals surface area (Å²) >= 11 is 5.81. The van der Waals surface area contributed by atoms with Gasteiger partial charge in [0.2, 0.25) is 0 Å². The molecule has 0 heterocycles. The molecule has 1 nitrogen and oxygen atoms in total. The highest BCUT2D eigenvalue weighted by molar-refractivity contribution is 6.17. The van der Waals surface area contributed by atoms with Gasteiger partial charge in [0.1, 0.15) is 0 Å². The molecule has 0 aliphatic carbocycles. The zero-order valence-electron chi connectivity index (χ0n) is 14.4. The Bertz CT molecular complexity index is 190. The van der Waals surface area contributed by atoms with Crippen molar-refractivity contribution in [3.63, 3.8) is 0 Å². The van der Waals surface area contributed by atoms with E-state index in [2.05, 4.69) is 20.8 Å². The summed E-state index contributed by atoms with van der Waals surface area (Å²) in [4.78, 5) is 0. The lowest BCUT2D eigenvalue weighted by molar-refractivity contribution is -0.925. The summed E-state index contributed by atoms with van der Waals surface area (Å²) in [6.07, 6.45) is 13.9. The molecule has 0 spiro atoms. The van der Waals surface area contributed by atoms with E-state index >= 15 is 0 Å². The molecule has 20 heavy (non-hydrogen) atoms. The first-order chi connectivity index (χ1) is 9.74. The van der Waals surface area contributed by atoms with E-state index in [0.717, 1.165) is 5.88 Å². The topological polar surface area (TPSA) is 0 Å². The molecule has 0 radical (unpaired) electrons. The standard InChI is InChI=1S/C18H39ClN/c1-4-7-8-9-10-11-12-14-17-20(5-2,6-3)18-15-13-16-19/h4-18H2,1-3H3/q+1. The summed E-state index contributed by atoms with van der Waals surface area (Å²) in [7, 11) is 0. The van der Waals surface area contributed by atoms with E-state index < -0.39 is 0 Å². The number of unbranched alkanes of at least 4 members (excludes halogenated alkanes) is 8.